The van der Waals surface area contributed by atoms with Gasteiger partial charge in [0.15, 0.2) is 11.3 Å². The van der Waals surface area contributed by atoms with Crippen molar-refractivity contribution in [3.8, 4) is 0 Å². The lowest BCUT2D eigenvalue weighted by atomic mass is 10.1. The van der Waals surface area contributed by atoms with Crippen molar-refractivity contribution in [3.63, 3.8) is 0 Å². The summed E-state index contributed by atoms with van der Waals surface area (Å²) in [5.41, 5.74) is 2.59. The molecule has 1 aromatic heterocycles. The number of thioether (sulfide) groups is 1. The fourth-order valence-corrected chi connectivity index (χ4v) is 4.65. The molecular formula is C22H21N5OS. The number of hydrogen-bond donors (Lipinski definition) is 2. The average molecular weight is 404 g/mol. The van der Waals surface area contributed by atoms with E-state index in [9.17, 15) is 4.79 Å². The van der Waals surface area contributed by atoms with Gasteiger partial charge in [0.2, 0.25) is 0 Å². The Labute approximate surface area is 172 Å². The number of aromatic amines is 1. The second-order valence-corrected chi connectivity index (χ2v) is 8.15. The Morgan fingerprint density at radius 3 is 2.86 bits per heavy atom. The molecule has 5 rings (SSSR count). The van der Waals surface area contributed by atoms with E-state index in [1.54, 1.807) is 16.8 Å². The molecule has 0 radical (unpaired) electrons. The topological polar surface area (TPSA) is 72.8 Å². The van der Waals surface area contributed by atoms with Gasteiger partial charge in [0.25, 0.3) is 5.91 Å². The number of amides is 1. The summed E-state index contributed by atoms with van der Waals surface area (Å²) in [6.45, 7) is 2.15. The maximum absolute atomic E-state index is 13.1. The highest BCUT2D eigenvalue weighted by atomic mass is 32.2. The van der Waals surface area contributed by atoms with Gasteiger partial charge in [-0.15, -0.1) is 5.10 Å². The van der Waals surface area contributed by atoms with Crippen molar-refractivity contribution in [1.82, 2.24) is 15.3 Å². The molecule has 146 valence electrons. The number of rotatable bonds is 4. The van der Waals surface area contributed by atoms with Crippen LogP contribution >= 0.6 is 11.8 Å². The zero-order valence-electron chi connectivity index (χ0n) is 16.1. The minimum absolute atomic E-state index is 0.133. The number of hydrogen-bond acceptors (Lipinski definition) is 5. The number of benzene rings is 2. The number of carbonyl (C=O) groups excluding carboxylic acids is 1. The number of nitrogens with zero attached hydrogens (tertiary/aromatic N) is 3. The number of nitrogens with one attached hydrogen (secondary N) is 2. The molecule has 1 amide bonds. The average Bonchev–Trinajstić information content (AvgIpc) is 3.17. The molecule has 2 N–H and O–H groups in total. The molecule has 1 atom stereocenters. The molecule has 2 aliphatic heterocycles. The van der Waals surface area contributed by atoms with E-state index in [0.717, 1.165) is 45.6 Å². The van der Waals surface area contributed by atoms with Gasteiger partial charge in [-0.25, -0.2) is 5.01 Å². The summed E-state index contributed by atoms with van der Waals surface area (Å²) in [6.07, 6.45) is 3.76. The molecule has 6 nitrogen and oxygen atoms in total. The van der Waals surface area contributed by atoms with Gasteiger partial charge in [-0.3, -0.25) is 15.1 Å². The van der Waals surface area contributed by atoms with Crippen molar-refractivity contribution in [2.24, 2.45) is 10.1 Å². The zero-order chi connectivity index (χ0) is 19.8. The first-order valence-electron chi connectivity index (χ1n) is 9.81. The van der Waals surface area contributed by atoms with E-state index in [-0.39, 0.29) is 5.91 Å². The summed E-state index contributed by atoms with van der Waals surface area (Å²) in [5.74, 6) is 0.788. The highest BCUT2D eigenvalue weighted by Crippen LogP contribution is 2.34. The van der Waals surface area contributed by atoms with E-state index in [1.807, 2.05) is 48.7 Å². The Morgan fingerprint density at radius 1 is 1.14 bits per heavy atom. The van der Waals surface area contributed by atoms with Crippen LogP contribution in [0.2, 0.25) is 0 Å². The van der Waals surface area contributed by atoms with Crippen molar-refractivity contribution in [1.29, 1.82) is 0 Å². The number of aromatic nitrogens is 1. The first-order chi connectivity index (χ1) is 14.3. The zero-order valence-corrected chi connectivity index (χ0v) is 16.9. The van der Waals surface area contributed by atoms with Crippen LogP contribution in [0.4, 0.5) is 0 Å². The van der Waals surface area contributed by atoms with E-state index in [1.165, 1.54) is 0 Å². The molecule has 0 bridgehead atoms. The molecule has 0 aliphatic carbocycles. The van der Waals surface area contributed by atoms with Crippen LogP contribution in [-0.2, 0) is 4.79 Å². The van der Waals surface area contributed by atoms with E-state index < -0.39 is 6.17 Å². The van der Waals surface area contributed by atoms with Gasteiger partial charge in [-0.05, 0) is 18.6 Å². The fourth-order valence-electron chi connectivity index (χ4n) is 3.72. The molecule has 2 aliphatic rings. The van der Waals surface area contributed by atoms with Crippen molar-refractivity contribution in [2.45, 2.75) is 25.9 Å². The number of para-hydroxylation sites is 2. The summed E-state index contributed by atoms with van der Waals surface area (Å²) in [4.78, 5) is 21.4. The molecule has 3 aromatic rings. The van der Waals surface area contributed by atoms with E-state index in [2.05, 4.69) is 23.3 Å². The summed E-state index contributed by atoms with van der Waals surface area (Å²) >= 11 is 1.58. The molecule has 3 heterocycles. The van der Waals surface area contributed by atoms with Crippen molar-refractivity contribution < 1.29 is 4.79 Å². The minimum Gasteiger partial charge on any atom is -0.361 e. The Hall–Kier alpha value is -3.06. The van der Waals surface area contributed by atoms with Crippen LogP contribution in [0.15, 0.2) is 64.8 Å². The summed E-state index contributed by atoms with van der Waals surface area (Å²) in [6, 6.07) is 15.9. The first-order valence-corrected chi connectivity index (χ1v) is 10.8. The normalized spacial score (nSPS) is 18.0. The fraction of sp³-hybridized carbons (Fsp3) is 0.227. The largest absolute Gasteiger partial charge is 0.361 e. The lowest BCUT2D eigenvalue weighted by Gasteiger charge is -2.33. The maximum atomic E-state index is 13.1. The van der Waals surface area contributed by atoms with E-state index >= 15 is 0 Å². The predicted octanol–water partition coefficient (Wildman–Crippen LogP) is 2.84. The van der Waals surface area contributed by atoms with Crippen LogP contribution in [0.3, 0.4) is 0 Å². The molecule has 0 fully saturated rings. The van der Waals surface area contributed by atoms with Gasteiger partial charge in [0, 0.05) is 33.6 Å². The smallest absolute Gasteiger partial charge is 0.276 e. The van der Waals surface area contributed by atoms with Crippen LogP contribution < -0.4 is 15.9 Å². The van der Waals surface area contributed by atoms with Crippen LogP contribution in [0.1, 0.15) is 31.5 Å². The maximum Gasteiger partial charge on any atom is 0.276 e. The lowest BCUT2D eigenvalue weighted by Crippen LogP contribution is -2.50. The highest BCUT2D eigenvalue weighted by molar-refractivity contribution is 8.13. The molecule has 0 saturated heterocycles. The van der Waals surface area contributed by atoms with Gasteiger partial charge < -0.3 is 4.98 Å². The quantitative estimate of drug-likeness (QED) is 0.658. The Bertz CT molecular complexity index is 1250. The van der Waals surface area contributed by atoms with Crippen LogP contribution in [0.5, 0.6) is 0 Å². The number of carbonyl (C=O) groups is 1. The Balaban J connectivity index is 1.68. The highest BCUT2D eigenvalue weighted by Gasteiger charge is 2.35. The summed E-state index contributed by atoms with van der Waals surface area (Å²) in [7, 11) is 0. The molecule has 29 heavy (non-hydrogen) atoms. The van der Waals surface area contributed by atoms with Gasteiger partial charge in [-0.2, -0.15) is 0 Å². The van der Waals surface area contributed by atoms with Crippen LogP contribution in [0.25, 0.3) is 16.6 Å². The summed E-state index contributed by atoms with van der Waals surface area (Å²) < 4.78 is 0. The number of fused-ring (bicyclic) bond motifs is 3. The third-order valence-electron chi connectivity index (χ3n) is 5.15. The Morgan fingerprint density at radius 2 is 1.97 bits per heavy atom. The monoisotopic (exact) mass is 403 g/mol. The van der Waals surface area contributed by atoms with Gasteiger partial charge >= 0.3 is 0 Å². The predicted molar refractivity (Wildman–Crippen MR) is 116 cm³/mol. The van der Waals surface area contributed by atoms with Crippen molar-refractivity contribution >= 4 is 39.4 Å². The van der Waals surface area contributed by atoms with E-state index in [4.69, 9.17) is 10.1 Å². The molecule has 0 saturated carbocycles. The first kappa shape index (κ1) is 18.0. The molecule has 7 heteroatoms. The number of amidine groups is 1. The standard InChI is InChI=1S/C22H21N5OS/c1-2-3-12-29-22-25-21(28)19-15-9-5-7-11-18(15)24-20(27(19)26-22)16-13-23-17-10-6-4-8-14(16)17/h4-11,13,20,23H,2-3,12H2,1H3,(H,25,26,28)/t20-/m0/s1. The van der Waals surface area contributed by atoms with Crippen molar-refractivity contribution in [2.75, 3.05) is 5.75 Å². The van der Waals surface area contributed by atoms with Crippen LogP contribution in [0, 0.1) is 0 Å². The van der Waals surface area contributed by atoms with Gasteiger partial charge in [0.1, 0.15) is 5.70 Å². The van der Waals surface area contributed by atoms with Crippen molar-refractivity contribution in [3.05, 3.63) is 70.9 Å². The molecule has 2 aromatic carbocycles. The third kappa shape index (κ3) is 3.11. The lowest BCUT2D eigenvalue weighted by molar-refractivity contribution is -0.116. The summed E-state index contributed by atoms with van der Waals surface area (Å²) in [5, 5.41) is 12.9. The SMILES string of the molecule is CCCCSC1=NN2C(=c3ccccc3=N[C@@H]2c2c[nH]c3ccccc23)C(=O)N1. The minimum atomic E-state index is -0.399. The van der Waals surface area contributed by atoms with Gasteiger partial charge in [0.05, 0.1) is 5.36 Å². The number of hydrazone groups is 1. The third-order valence-corrected chi connectivity index (χ3v) is 6.10. The Kier molecular flexibility index (Phi) is 4.60. The molecule has 0 spiro atoms. The molecule has 0 unspecified atom stereocenters. The van der Waals surface area contributed by atoms with Gasteiger partial charge in [-0.1, -0.05) is 61.5 Å². The number of unbranched alkanes of at least 4 members (excludes halogenated alkanes) is 1. The number of H-pyrrole nitrogens is 1. The van der Waals surface area contributed by atoms with Crippen LogP contribution in [-0.4, -0.2) is 26.8 Å². The molecular weight excluding hydrogens is 382 g/mol. The second-order valence-electron chi connectivity index (χ2n) is 7.06. The second kappa shape index (κ2) is 7.40. The van der Waals surface area contributed by atoms with E-state index in [0.29, 0.717) is 10.9 Å².